The predicted octanol–water partition coefficient (Wildman–Crippen LogP) is 2.55. The van der Waals surface area contributed by atoms with E-state index >= 15 is 0 Å². The van der Waals surface area contributed by atoms with Gasteiger partial charge in [-0.15, -0.1) is 0 Å². The number of carboxylic acid groups (broad SMARTS) is 2. The fourth-order valence-electron chi connectivity index (χ4n) is 4.31. The van der Waals surface area contributed by atoms with Crippen LogP contribution in [0, 0.1) is 0 Å². The predicted molar refractivity (Wildman–Crippen MR) is 155 cm³/mol. The van der Waals surface area contributed by atoms with Crippen molar-refractivity contribution in [3.05, 3.63) is 58.7 Å². The zero-order chi connectivity index (χ0) is 30.4. The van der Waals surface area contributed by atoms with Crippen LogP contribution in [0.5, 0.6) is 0 Å². The molecule has 0 amide bonds. The number of hydrogen-bond acceptors (Lipinski definition) is 10. The third kappa shape index (κ3) is 12.1. The van der Waals surface area contributed by atoms with Crippen molar-refractivity contribution in [2.24, 2.45) is 0 Å². The Kier molecular flexibility index (Phi) is 13.7. The van der Waals surface area contributed by atoms with Gasteiger partial charge < -0.3 is 29.2 Å². The van der Waals surface area contributed by atoms with E-state index in [4.69, 9.17) is 18.9 Å². The molecule has 12 nitrogen and oxygen atoms in total. The first-order valence-corrected chi connectivity index (χ1v) is 14.3. The van der Waals surface area contributed by atoms with Gasteiger partial charge in [0, 0.05) is 39.3 Å². The standard InChI is InChI=1S/C30H44N4O8/c1-30(2,3)23-19-25(32-27(20-23)29(37)38)22-34-9-13-41-17-15-39-11-7-33(8-12-40-16-18-42-14-10-34)21-24-5-4-6-26(31-24)28(35)36/h4-6,19-20H,7-18,21-22H2,1-3H3,(H,35,36)(H,37,38). The van der Waals surface area contributed by atoms with E-state index in [-0.39, 0.29) is 16.8 Å². The highest BCUT2D eigenvalue weighted by atomic mass is 16.5. The molecular formula is C30H44N4O8. The largest absolute Gasteiger partial charge is 0.477 e. The first-order valence-electron chi connectivity index (χ1n) is 14.3. The molecule has 2 N–H and O–H groups in total. The molecule has 0 saturated carbocycles. The van der Waals surface area contributed by atoms with Gasteiger partial charge in [-0.2, -0.15) is 0 Å². The quantitative estimate of drug-likeness (QED) is 0.512. The molecule has 0 unspecified atom stereocenters. The lowest BCUT2D eigenvalue weighted by Crippen LogP contribution is -2.33. The number of pyridine rings is 2. The minimum atomic E-state index is -1.05. The number of carbonyl (C=O) groups is 2. The summed E-state index contributed by atoms with van der Waals surface area (Å²) in [7, 11) is 0. The van der Waals surface area contributed by atoms with Crippen LogP contribution >= 0.6 is 0 Å². The second kappa shape index (κ2) is 17.2. The fourth-order valence-corrected chi connectivity index (χ4v) is 4.31. The lowest BCUT2D eigenvalue weighted by Gasteiger charge is -2.25. The van der Waals surface area contributed by atoms with Gasteiger partial charge in [0.05, 0.1) is 64.2 Å². The van der Waals surface area contributed by atoms with Gasteiger partial charge in [-0.05, 0) is 35.2 Å². The first kappa shape index (κ1) is 33.5. The molecule has 0 aliphatic carbocycles. The SMILES string of the molecule is CC(C)(C)c1cc(CN2CCOCCOCCN(Cc3cccc(C(=O)O)n3)CCOCCOCC2)nc(C(=O)O)c1. The highest BCUT2D eigenvalue weighted by molar-refractivity contribution is 5.85. The van der Waals surface area contributed by atoms with Crippen LogP contribution < -0.4 is 0 Å². The van der Waals surface area contributed by atoms with Crippen LogP contribution in [-0.2, 0) is 37.5 Å². The molecule has 42 heavy (non-hydrogen) atoms. The second-order valence-corrected chi connectivity index (χ2v) is 11.1. The van der Waals surface area contributed by atoms with Crippen LogP contribution in [0.1, 0.15) is 58.7 Å². The Morgan fingerprint density at radius 2 is 1.14 bits per heavy atom. The number of nitrogens with zero attached hydrogens (tertiary/aromatic N) is 4. The molecule has 1 fully saturated rings. The minimum absolute atomic E-state index is 0.0222. The zero-order valence-electron chi connectivity index (χ0n) is 24.9. The summed E-state index contributed by atoms with van der Waals surface area (Å²) in [6.07, 6.45) is 0. The molecule has 0 radical (unpaired) electrons. The smallest absolute Gasteiger partial charge is 0.354 e. The number of carboxylic acids is 2. The molecule has 1 aliphatic heterocycles. The zero-order valence-corrected chi connectivity index (χ0v) is 24.9. The summed E-state index contributed by atoms with van der Waals surface area (Å²) in [5, 5.41) is 18.8. The molecule has 2 aromatic heterocycles. The van der Waals surface area contributed by atoms with Crippen LogP contribution in [0.25, 0.3) is 0 Å². The van der Waals surface area contributed by atoms with Gasteiger partial charge in [-0.1, -0.05) is 26.8 Å². The number of hydrogen-bond donors (Lipinski definition) is 2. The van der Waals surface area contributed by atoms with Crippen molar-refractivity contribution in [2.75, 3.05) is 79.0 Å². The van der Waals surface area contributed by atoms with E-state index in [1.54, 1.807) is 12.1 Å². The van der Waals surface area contributed by atoms with E-state index in [2.05, 4.69) is 40.5 Å². The van der Waals surface area contributed by atoms with Gasteiger partial charge in [0.15, 0.2) is 0 Å². The number of ether oxygens (including phenoxy) is 4. The average molecular weight is 589 g/mol. The van der Waals surface area contributed by atoms with Crippen molar-refractivity contribution in [3.63, 3.8) is 0 Å². The van der Waals surface area contributed by atoms with Gasteiger partial charge in [0.25, 0.3) is 0 Å². The van der Waals surface area contributed by atoms with Crippen LogP contribution in [0.15, 0.2) is 30.3 Å². The van der Waals surface area contributed by atoms with Crippen molar-refractivity contribution in [1.29, 1.82) is 0 Å². The Balaban J connectivity index is 1.55. The second-order valence-electron chi connectivity index (χ2n) is 11.1. The van der Waals surface area contributed by atoms with Crippen molar-refractivity contribution in [1.82, 2.24) is 19.8 Å². The molecule has 12 heteroatoms. The normalized spacial score (nSPS) is 18.2. The lowest BCUT2D eigenvalue weighted by molar-refractivity contribution is 0.00597. The Morgan fingerprint density at radius 1 is 0.690 bits per heavy atom. The molecule has 1 aliphatic rings. The van der Waals surface area contributed by atoms with Crippen LogP contribution in [0.4, 0.5) is 0 Å². The van der Waals surface area contributed by atoms with Gasteiger partial charge in [-0.3, -0.25) is 9.80 Å². The Labute approximate surface area is 247 Å². The molecule has 0 spiro atoms. The summed E-state index contributed by atoms with van der Waals surface area (Å²) in [5.74, 6) is -2.09. The fraction of sp³-hybridized carbons (Fsp3) is 0.600. The van der Waals surface area contributed by atoms with E-state index in [1.165, 1.54) is 6.07 Å². The number of aromatic nitrogens is 2. The maximum Gasteiger partial charge on any atom is 0.354 e. The van der Waals surface area contributed by atoms with Gasteiger partial charge in [0.1, 0.15) is 11.4 Å². The molecule has 232 valence electrons. The molecule has 0 atom stereocenters. The maximum absolute atomic E-state index is 11.7. The molecular weight excluding hydrogens is 544 g/mol. The summed E-state index contributed by atoms with van der Waals surface area (Å²) < 4.78 is 23.2. The average Bonchev–Trinajstić information content (AvgIpc) is 2.94. The first-order chi connectivity index (χ1) is 20.1. The summed E-state index contributed by atoms with van der Waals surface area (Å²) >= 11 is 0. The van der Waals surface area contributed by atoms with E-state index in [1.807, 2.05) is 12.1 Å². The molecule has 3 rings (SSSR count). The summed E-state index contributed by atoms with van der Waals surface area (Å²) in [5.41, 5.74) is 2.16. The van der Waals surface area contributed by atoms with E-state index in [0.29, 0.717) is 104 Å². The van der Waals surface area contributed by atoms with E-state index in [0.717, 1.165) is 5.56 Å². The van der Waals surface area contributed by atoms with E-state index < -0.39 is 11.9 Å². The topological polar surface area (TPSA) is 144 Å². The number of rotatable bonds is 6. The monoisotopic (exact) mass is 588 g/mol. The van der Waals surface area contributed by atoms with Gasteiger partial charge >= 0.3 is 11.9 Å². The van der Waals surface area contributed by atoms with Crippen LogP contribution in [-0.4, -0.2) is 121 Å². The van der Waals surface area contributed by atoms with Crippen LogP contribution in [0.3, 0.4) is 0 Å². The molecule has 2 aromatic rings. The molecule has 0 bridgehead atoms. The third-order valence-electron chi connectivity index (χ3n) is 6.71. The van der Waals surface area contributed by atoms with Crippen LogP contribution in [0.2, 0.25) is 0 Å². The Bertz CT molecular complexity index is 1120. The highest BCUT2D eigenvalue weighted by Gasteiger charge is 2.19. The molecule has 3 heterocycles. The van der Waals surface area contributed by atoms with Crippen molar-refractivity contribution >= 4 is 11.9 Å². The molecule has 0 aromatic carbocycles. The highest BCUT2D eigenvalue weighted by Crippen LogP contribution is 2.24. The molecule has 1 saturated heterocycles. The number of aromatic carboxylic acids is 2. The summed E-state index contributed by atoms with van der Waals surface area (Å²) in [6.45, 7) is 13.3. The van der Waals surface area contributed by atoms with Gasteiger partial charge in [0.2, 0.25) is 0 Å². The van der Waals surface area contributed by atoms with Crippen molar-refractivity contribution in [3.8, 4) is 0 Å². The minimum Gasteiger partial charge on any atom is -0.477 e. The van der Waals surface area contributed by atoms with Crippen molar-refractivity contribution in [2.45, 2.75) is 39.3 Å². The van der Waals surface area contributed by atoms with E-state index in [9.17, 15) is 19.8 Å². The lowest BCUT2D eigenvalue weighted by atomic mass is 9.86. The maximum atomic E-state index is 11.7. The third-order valence-corrected chi connectivity index (χ3v) is 6.71. The summed E-state index contributed by atoms with van der Waals surface area (Å²) in [6, 6.07) is 8.61. The Morgan fingerprint density at radius 3 is 1.60 bits per heavy atom. The summed E-state index contributed by atoms with van der Waals surface area (Å²) in [4.78, 5) is 35.9. The van der Waals surface area contributed by atoms with Gasteiger partial charge in [-0.25, -0.2) is 19.6 Å². The Hall–Kier alpha value is -3.00. The van der Waals surface area contributed by atoms with Crippen molar-refractivity contribution < 1.29 is 38.7 Å².